The molecule has 1 N–H and O–H groups in total. The normalized spacial score (nSPS) is 10.2. The highest BCUT2D eigenvalue weighted by Crippen LogP contribution is 2.25. The van der Waals surface area contributed by atoms with Crippen molar-refractivity contribution in [3.8, 4) is 5.88 Å². The van der Waals surface area contributed by atoms with Gasteiger partial charge in [0.05, 0.1) is 12.0 Å². The smallest absolute Gasteiger partial charge is 0.344 e. The summed E-state index contributed by atoms with van der Waals surface area (Å²) in [7, 11) is 1.18. The molecule has 0 saturated heterocycles. The molecule has 1 aromatic heterocycles. The first-order valence-corrected chi connectivity index (χ1v) is 8.79. The Kier molecular flexibility index (Phi) is 6.36. The van der Waals surface area contributed by atoms with Gasteiger partial charge in [-0.2, -0.15) is 0 Å². The predicted octanol–water partition coefficient (Wildman–Crippen LogP) is 3.97. The third-order valence-corrected chi connectivity index (χ3v) is 4.15. The fourth-order valence-electron chi connectivity index (χ4n) is 2.69. The number of nitro groups is 1. The summed E-state index contributed by atoms with van der Waals surface area (Å²) in [6.45, 7) is 0.741. The van der Waals surface area contributed by atoms with Crippen LogP contribution in [0.4, 0.5) is 11.4 Å². The maximum absolute atomic E-state index is 11.9. The highest BCUT2D eigenvalue weighted by molar-refractivity contribution is 5.95. The van der Waals surface area contributed by atoms with Crippen molar-refractivity contribution in [2.75, 3.05) is 12.4 Å². The van der Waals surface area contributed by atoms with E-state index in [-0.39, 0.29) is 11.3 Å². The summed E-state index contributed by atoms with van der Waals surface area (Å²) >= 11 is 0. The maximum atomic E-state index is 11.9. The lowest BCUT2D eigenvalue weighted by Crippen LogP contribution is -2.08. The molecule has 8 nitrogen and oxygen atoms in total. The monoisotopic (exact) mass is 393 g/mol. The van der Waals surface area contributed by atoms with Crippen molar-refractivity contribution in [2.24, 2.45) is 0 Å². The number of nitro benzene ring substituents is 1. The Hall–Kier alpha value is -3.94. The van der Waals surface area contributed by atoms with Crippen molar-refractivity contribution in [3.63, 3.8) is 0 Å². The zero-order valence-corrected chi connectivity index (χ0v) is 15.7. The fourth-order valence-corrected chi connectivity index (χ4v) is 2.69. The lowest BCUT2D eigenvalue weighted by molar-refractivity contribution is -0.385. The number of hydrogen-bond acceptors (Lipinski definition) is 7. The van der Waals surface area contributed by atoms with Crippen LogP contribution >= 0.6 is 0 Å². The van der Waals surface area contributed by atoms with E-state index >= 15 is 0 Å². The van der Waals surface area contributed by atoms with Crippen molar-refractivity contribution < 1.29 is 19.2 Å². The Bertz CT molecular complexity index is 1010. The van der Waals surface area contributed by atoms with Crippen LogP contribution < -0.4 is 10.1 Å². The summed E-state index contributed by atoms with van der Waals surface area (Å²) in [6.07, 6.45) is 1.64. The molecular weight excluding hydrogens is 374 g/mol. The number of anilines is 1. The molecule has 0 aliphatic heterocycles. The third-order valence-electron chi connectivity index (χ3n) is 4.15. The Labute approximate surface area is 167 Å². The number of pyridine rings is 1. The van der Waals surface area contributed by atoms with Crippen molar-refractivity contribution in [1.82, 2.24) is 4.98 Å². The number of carbonyl (C=O) groups excluding carboxylic acids is 1. The molecule has 148 valence electrons. The molecule has 0 aliphatic rings. The highest BCUT2D eigenvalue weighted by atomic mass is 16.6. The van der Waals surface area contributed by atoms with Crippen LogP contribution in [0.25, 0.3) is 0 Å². The first kappa shape index (κ1) is 19.8. The van der Waals surface area contributed by atoms with Crippen molar-refractivity contribution in [2.45, 2.75) is 13.2 Å². The zero-order valence-electron chi connectivity index (χ0n) is 15.7. The largest absolute Gasteiger partial charge is 0.473 e. The van der Waals surface area contributed by atoms with E-state index in [9.17, 15) is 14.9 Å². The molecule has 0 radical (unpaired) electrons. The van der Waals surface area contributed by atoms with Gasteiger partial charge < -0.3 is 14.8 Å². The van der Waals surface area contributed by atoms with Crippen LogP contribution in [0.1, 0.15) is 21.5 Å². The molecule has 0 atom stereocenters. The Morgan fingerprint density at radius 1 is 1.14 bits per heavy atom. The number of rotatable bonds is 8. The van der Waals surface area contributed by atoms with Gasteiger partial charge in [0, 0.05) is 30.1 Å². The molecule has 0 unspecified atom stereocenters. The van der Waals surface area contributed by atoms with Crippen LogP contribution in [0.15, 0.2) is 66.9 Å². The number of carbonyl (C=O) groups is 1. The molecule has 8 heteroatoms. The molecule has 1 heterocycles. The van der Waals surface area contributed by atoms with Crippen LogP contribution in [-0.4, -0.2) is 23.0 Å². The predicted molar refractivity (Wildman–Crippen MR) is 107 cm³/mol. The van der Waals surface area contributed by atoms with E-state index in [2.05, 4.69) is 15.0 Å². The van der Waals surface area contributed by atoms with E-state index in [1.54, 1.807) is 12.3 Å². The number of nitrogens with one attached hydrogen (secondary N) is 1. The van der Waals surface area contributed by atoms with Gasteiger partial charge >= 0.3 is 5.97 Å². The molecule has 0 bridgehead atoms. The van der Waals surface area contributed by atoms with Gasteiger partial charge in [0.15, 0.2) is 0 Å². The van der Waals surface area contributed by atoms with Crippen LogP contribution in [0.3, 0.4) is 0 Å². The summed E-state index contributed by atoms with van der Waals surface area (Å²) in [4.78, 5) is 26.6. The van der Waals surface area contributed by atoms with Gasteiger partial charge in [0.2, 0.25) is 5.88 Å². The number of aromatic nitrogens is 1. The molecule has 0 aliphatic carbocycles. The SMILES string of the molecule is COC(=O)c1cc(NCc2cccnc2OCc2ccccc2)ccc1[N+](=O)[O-]. The summed E-state index contributed by atoms with van der Waals surface area (Å²) in [5.74, 6) is -0.285. The first-order chi connectivity index (χ1) is 14.1. The molecule has 3 aromatic rings. The molecule has 0 fully saturated rings. The number of ether oxygens (including phenoxy) is 2. The molecule has 2 aromatic carbocycles. The first-order valence-electron chi connectivity index (χ1n) is 8.79. The van der Waals surface area contributed by atoms with Gasteiger partial charge in [-0.15, -0.1) is 0 Å². The minimum Gasteiger partial charge on any atom is -0.473 e. The van der Waals surface area contributed by atoms with Crippen molar-refractivity contribution >= 4 is 17.3 Å². The summed E-state index contributed by atoms with van der Waals surface area (Å²) < 4.78 is 10.5. The Balaban J connectivity index is 1.73. The number of methoxy groups -OCH3 is 1. The van der Waals surface area contributed by atoms with Crippen LogP contribution in [-0.2, 0) is 17.9 Å². The van der Waals surface area contributed by atoms with Gasteiger partial charge in [0.25, 0.3) is 5.69 Å². The second-order valence-corrected chi connectivity index (χ2v) is 6.08. The highest BCUT2D eigenvalue weighted by Gasteiger charge is 2.21. The minimum absolute atomic E-state index is 0.116. The van der Waals surface area contributed by atoms with Crippen LogP contribution in [0.5, 0.6) is 5.88 Å². The number of esters is 1. The topological polar surface area (TPSA) is 104 Å². The van der Waals surface area contributed by atoms with Crippen LogP contribution in [0, 0.1) is 10.1 Å². The van der Waals surface area contributed by atoms with Gasteiger partial charge in [-0.1, -0.05) is 36.4 Å². The average Bonchev–Trinajstić information content (AvgIpc) is 2.76. The van der Waals surface area contributed by atoms with E-state index in [1.807, 2.05) is 36.4 Å². The second kappa shape index (κ2) is 9.32. The molecule has 29 heavy (non-hydrogen) atoms. The standard InChI is InChI=1S/C21H19N3O5/c1-28-21(25)18-12-17(9-10-19(18)24(26)27)23-13-16-8-5-11-22-20(16)29-14-15-6-3-2-4-7-15/h2-12,23H,13-14H2,1H3. The molecular formula is C21H19N3O5. The third kappa shape index (κ3) is 5.07. The van der Waals surface area contributed by atoms with Gasteiger partial charge in [-0.25, -0.2) is 9.78 Å². The Morgan fingerprint density at radius 3 is 2.66 bits per heavy atom. The van der Waals surface area contributed by atoms with Gasteiger partial charge in [-0.3, -0.25) is 10.1 Å². The van der Waals surface area contributed by atoms with E-state index < -0.39 is 10.9 Å². The zero-order chi connectivity index (χ0) is 20.6. The fraction of sp³-hybridized carbons (Fsp3) is 0.143. The number of hydrogen-bond donors (Lipinski definition) is 1. The quantitative estimate of drug-likeness (QED) is 0.351. The Morgan fingerprint density at radius 2 is 1.93 bits per heavy atom. The maximum Gasteiger partial charge on any atom is 0.344 e. The summed E-state index contributed by atoms with van der Waals surface area (Å²) in [5, 5.41) is 14.3. The lowest BCUT2D eigenvalue weighted by atomic mass is 10.1. The molecule has 0 saturated carbocycles. The van der Waals surface area contributed by atoms with E-state index in [0.717, 1.165) is 11.1 Å². The molecule has 3 rings (SSSR count). The second-order valence-electron chi connectivity index (χ2n) is 6.08. The number of benzene rings is 2. The summed E-state index contributed by atoms with van der Waals surface area (Å²) in [5.41, 5.74) is 1.94. The minimum atomic E-state index is -0.770. The average molecular weight is 393 g/mol. The van der Waals surface area contributed by atoms with E-state index in [1.165, 1.54) is 25.3 Å². The van der Waals surface area contributed by atoms with Gasteiger partial charge in [-0.05, 0) is 23.8 Å². The molecule has 0 spiro atoms. The number of nitrogens with zero attached hydrogens (tertiary/aromatic N) is 2. The molecule has 0 amide bonds. The van der Waals surface area contributed by atoms with Gasteiger partial charge in [0.1, 0.15) is 12.2 Å². The lowest BCUT2D eigenvalue weighted by Gasteiger charge is -2.12. The van der Waals surface area contributed by atoms with Crippen LogP contribution in [0.2, 0.25) is 0 Å². The van der Waals surface area contributed by atoms with E-state index in [4.69, 9.17) is 4.74 Å². The van der Waals surface area contributed by atoms with Crippen molar-refractivity contribution in [1.29, 1.82) is 0 Å². The van der Waals surface area contributed by atoms with E-state index in [0.29, 0.717) is 24.7 Å². The summed E-state index contributed by atoms with van der Waals surface area (Å²) in [6, 6.07) is 17.6. The van der Waals surface area contributed by atoms with Crippen molar-refractivity contribution in [3.05, 3.63) is 93.7 Å².